The van der Waals surface area contributed by atoms with Crippen molar-refractivity contribution in [1.29, 1.82) is 0 Å². The van der Waals surface area contributed by atoms with Gasteiger partial charge in [-0.3, -0.25) is 4.79 Å². The van der Waals surface area contributed by atoms with E-state index in [0.717, 1.165) is 5.56 Å². The van der Waals surface area contributed by atoms with Crippen molar-refractivity contribution in [2.75, 3.05) is 26.1 Å². The number of hydrogen-bond donors (Lipinski definition) is 2. The number of phenolic OH excluding ortho intramolecular Hbond substituents is 1. The topological polar surface area (TPSA) is 94.1 Å². The minimum Gasteiger partial charge on any atom is -0.506 e. The largest absolute Gasteiger partial charge is 0.506 e. The van der Waals surface area contributed by atoms with Crippen LogP contribution in [0.5, 0.6) is 17.2 Å². The van der Waals surface area contributed by atoms with Crippen LogP contribution in [-0.4, -0.2) is 37.8 Å². The van der Waals surface area contributed by atoms with Crippen molar-refractivity contribution in [3.05, 3.63) is 47.5 Å². The van der Waals surface area contributed by atoms with Gasteiger partial charge in [0, 0.05) is 5.56 Å². The summed E-state index contributed by atoms with van der Waals surface area (Å²) in [5.41, 5.74) is 1.48. The van der Waals surface area contributed by atoms with E-state index in [0.29, 0.717) is 22.7 Å². The molecule has 7 heteroatoms. The van der Waals surface area contributed by atoms with Crippen LogP contribution in [-0.2, 0) is 14.9 Å². The molecule has 0 bridgehead atoms. The second kappa shape index (κ2) is 8.65. The van der Waals surface area contributed by atoms with Crippen LogP contribution in [0.2, 0.25) is 0 Å². The summed E-state index contributed by atoms with van der Waals surface area (Å²) in [6.45, 7) is 5.86. The average molecular weight is 387 g/mol. The number of esters is 1. The molecule has 0 aliphatic heterocycles. The molecule has 0 heterocycles. The SMILES string of the molecule is COC(=O)COc1ccc(C(=O)Nc2cc(C(C)(C)C)ccc2O)cc1OC. The van der Waals surface area contributed by atoms with Crippen molar-refractivity contribution in [2.24, 2.45) is 0 Å². The highest BCUT2D eigenvalue weighted by molar-refractivity contribution is 6.05. The number of aromatic hydroxyl groups is 1. The predicted molar refractivity (Wildman–Crippen MR) is 105 cm³/mol. The molecule has 0 atom stereocenters. The van der Waals surface area contributed by atoms with Crippen molar-refractivity contribution >= 4 is 17.6 Å². The van der Waals surface area contributed by atoms with Crippen LogP contribution in [0, 0.1) is 0 Å². The monoisotopic (exact) mass is 387 g/mol. The normalized spacial score (nSPS) is 10.9. The number of hydrogen-bond acceptors (Lipinski definition) is 6. The first-order valence-electron chi connectivity index (χ1n) is 8.68. The fourth-order valence-electron chi connectivity index (χ4n) is 2.42. The predicted octanol–water partition coefficient (Wildman–Crippen LogP) is 3.50. The number of ether oxygens (including phenoxy) is 3. The zero-order valence-electron chi connectivity index (χ0n) is 16.7. The van der Waals surface area contributed by atoms with Gasteiger partial charge in [-0.25, -0.2) is 4.79 Å². The number of carbonyl (C=O) groups is 2. The highest BCUT2D eigenvalue weighted by Gasteiger charge is 2.18. The number of phenols is 1. The summed E-state index contributed by atoms with van der Waals surface area (Å²) in [7, 11) is 2.70. The number of amides is 1. The van der Waals surface area contributed by atoms with Gasteiger partial charge in [-0.2, -0.15) is 0 Å². The smallest absolute Gasteiger partial charge is 0.343 e. The Kier molecular flexibility index (Phi) is 6.51. The van der Waals surface area contributed by atoms with Gasteiger partial charge in [-0.15, -0.1) is 0 Å². The first-order chi connectivity index (χ1) is 13.2. The summed E-state index contributed by atoms with van der Waals surface area (Å²) < 4.78 is 15.1. The Hall–Kier alpha value is -3.22. The Morgan fingerprint density at radius 3 is 2.36 bits per heavy atom. The van der Waals surface area contributed by atoms with Gasteiger partial charge < -0.3 is 24.6 Å². The van der Waals surface area contributed by atoms with Crippen LogP contribution >= 0.6 is 0 Å². The minimum absolute atomic E-state index is 0.0219. The Balaban J connectivity index is 2.22. The summed E-state index contributed by atoms with van der Waals surface area (Å²) in [6, 6.07) is 9.68. The fraction of sp³-hybridized carbons (Fsp3) is 0.333. The maximum absolute atomic E-state index is 12.6. The van der Waals surface area contributed by atoms with E-state index < -0.39 is 11.9 Å². The van der Waals surface area contributed by atoms with Crippen LogP contribution in [0.1, 0.15) is 36.7 Å². The summed E-state index contributed by atoms with van der Waals surface area (Å²) in [5.74, 6) is -0.366. The molecule has 0 fully saturated rings. The average Bonchev–Trinajstić information content (AvgIpc) is 2.66. The zero-order chi connectivity index (χ0) is 20.9. The summed E-state index contributed by atoms with van der Waals surface area (Å²) >= 11 is 0. The van der Waals surface area contributed by atoms with E-state index in [2.05, 4.69) is 10.1 Å². The molecule has 0 aliphatic carbocycles. The van der Waals surface area contributed by atoms with Crippen LogP contribution in [0.15, 0.2) is 36.4 Å². The first kappa shape index (κ1) is 21.1. The summed E-state index contributed by atoms with van der Waals surface area (Å²) in [4.78, 5) is 23.8. The molecule has 0 spiro atoms. The van der Waals surface area contributed by atoms with Crippen LogP contribution in [0.4, 0.5) is 5.69 Å². The maximum atomic E-state index is 12.6. The standard InChI is InChI=1S/C21H25NO6/c1-21(2,3)14-7-8-16(23)15(11-14)22-20(25)13-6-9-17(18(10-13)26-4)28-12-19(24)27-5/h6-11,23H,12H2,1-5H3,(H,22,25). The molecular weight excluding hydrogens is 362 g/mol. The molecule has 0 aromatic heterocycles. The Morgan fingerprint density at radius 2 is 1.75 bits per heavy atom. The number of carbonyl (C=O) groups excluding carboxylic acids is 2. The lowest BCUT2D eigenvalue weighted by Gasteiger charge is -2.20. The molecule has 0 saturated heterocycles. The van der Waals surface area contributed by atoms with Crippen molar-refractivity contribution in [3.63, 3.8) is 0 Å². The molecule has 0 radical (unpaired) electrons. The molecule has 1 amide bonds. The third-order valence-electron chi connectivity index (χ3n) is 4.11. The van der Waals surface area contributed by atoms with Gasteiger partial charge in [-0.1, -0.05) is 26.8 Å². The molecule has 2 aromatic rings. The molecule has 2 N–H and O–H groups in total. The summed E-state index contributed by atoms with van der Waals surface area (Å²) in [5, 5.41) is 12.8. The van der Waals surface area contributed by atoms with Gasteiger partial charge in [-0.05, 0) is 41.3 Å². The molecule has 0 unspecified atom stereocenters. The van der Waals surface area contributed by atoms with Gasteiger partial charge in [0.05, 0.1) is 19.9 Å². The Labute approximate surface area is 164 Å². The fourth-order valence-corrected chi connectivity index (χ4v) is 2.42. The van der Waals surface area contributed by atoms with Crippen LogP contribution in [0.25, 0.3) is 0 Å². The molecule has 28 heavy (non-hydrogen) atoms. The van der Waals surface area contributed by atoms with Gasteiger partial charge in [0.2, 0.25) is 0 Å². The second-order valence-corrected chi connectivity index (χ2v) is 7.17. The van der Waals surface area contributed by atoms with Crippen LogP contribution in [0.3, 0.4) is 0 Å². The summed E-state index contributed by atoms with van der Waals surface area (Å²) in [6.07, 6.45) is 0. The van der Waals surface area contributed by atoms with E-state index in [1.54, 1.807) is 12.1 Å². The second-order valence-electron chi connectivity index (χ2n) is 7.17. The molecule has 0 saturated carbocycles. The Bertz CT molecular complexity index is 870. The van der Waals surface area contributed by atoms with Crippen molar-refractivity contribution in [2.45, 2.75) is 26.2 Å². The van der Waals surface area contributed by atoms with Crippen molar-refractivity contribution in [3.8, 4) is 17.2 Å². The van der Waals surface area contributed by atoms with Crippen molar-refractivity contribution in [1.82, 2.24) is 0 Å². The van der Waals surface area contributed by atoms with Gasteiger partial charge in [0.25, 0.3) is 5.91 Å². The van der Waals surface area contributed by atoms with Gasteiger partial charge >= 0.3 is 5.97 Å². The molecule has 150 valence electrons. The number of methoxy groups -OCH3 is 2. The maximum Gasteiger partial charge on any atom is 0.343 e. The van der Waals surface area contributed by atoms with E-state index in [9.17, 15) is 14.7 Å². The van der Waals surface area contributed by atoms with E-state index in [-0.39, 0.29) is 17.8 Å². The molecular formula is C21H25NO6. The lowest BCUT2D eigenvalue weighted by molar-refractivity contribution is -0.142. The zero-order valence-corrected chi connectivity index (χ0v) is 16.7. The molecule has 2 rings (SSSR count). The van der Waals surface area contributed by atoms with E-state index in [1.807, 2.05) is 26.8 Å². The number of anilines is 1. The minimum atomic E-state index is -0.530. The van der Waals surface area contributed by atoms with E-state index in [4.69, 9.17) is 9.47 Å². The Morgan fingerprint density at radius 1 is 1.04 bits per heavy atom. The molecule has 0 aliphatic rings. The number of rotatable bonds is 6. The van der Waals surface area contributed by atoms with E-state index in [1.165, 1.54) is 32.4 Å². The highest BCUT2D eigenvalue weighted by Crippen LogP contribution is 2.32. The highest BCUT2D eigenvalue weighted by atomic mass is 16.6. The van der Waals surface area contributed by atoms with Gasteiger partial charge in [0.15, 0.2) is 18.1 Å². The third kappa shape index (κ3) is 5.16. The van der Waals surface area contributed by atoms with Crippen molar-refractivity contribution < 1.29 is 28.9 Å². The lowest BCUT2D eigenvalue weighted by Crippen LogP contribution is -2.15. The van der Waals surface area contributed by atoms with Crippen LogP contribution < -0.4 is 14.8 Å². The van der Waals surface area contributed by atoms with Gasteiger partial charge in [0.1, 0.15) is 5.75 Å². The lowest BCUT2D eigenvalue weighted by atomic mass is 9.87. The third-order valence-corrected chi connectivity index (χ3v) is 4.11. The molecule has 2 aromatic carbocycles. The number of benzene rings is 2. The molecule has 7 nitrogen and oxygen atoms in total. The first-order valence-corrected chi connectivity index (χ1v) is 8.68. The number of nitrogens with one attached hydrogen (secondary N) is 1. The quantitative estimate of drug-likeness (QED) is 0.582. The van der Waals surface area contributed by atoms with E-state index >= 15 is 0 Å².